The summed E-state index contributed by atoms with van der Waals surface area (Å²) >= 11 is 0. The number of nitriles is 1. The van der Waals surface area contributed by atoms with Crippen molar-refractivity contribution >= 4 is 11.5 Å². The van der Waals surface area contributed by atoms with Crippen LogP contribution in [-0.2, 0) is 0 Å². The Morgan fingerprint density at radius 2 is 2.43 bits per heavy atom. The van der Waals surface area contributed by atoms with Crippen molar-refractivity contribution in [1.82, 2.24) is 4.98 Å². The van der Waals surface area contributed by atoms with Crippen molar-refractivity contribution < 1.29 is 4.92 Å². The van der Waals surface area contributed by atoms with Crippen LogP contribution in [0.4, 0.5) is 11.5 Å². The lowest BCUT2D eigenvalue weighted by Crippen LogP contribution is -2.52. The highest BCUT2D eigenvalue weighted by atomic mass is 16.6. The minimum atomic E-state index is -0.520. The van der Waals surface area contributed by atoms with Gasteiger partial charge in [0.05, 0.1) is 16.0 Å². The molecule has 3 N–H and O–H groups in total. The first-order valence-electron chi connectivity index (χ1n) is 7.05. The van der Waals surface area contributed by atoms with E-state index in [0.717, 1.165) is 25.7 Å². The summed E-state index contributed by atoms with van der Waals surface area (Å²) in [5, 5.41) is 23.2. The van der Waals surface area contributed by atoms with E-state index in [-0.39, 0.29) is 22.6 Å². The Morgan fingerprint density at radius 3 is 3.00 bits per heavy atom. The molecule has 112 valence electrons. The van der Waals surface area contributed by atoms with Crippen LogP contribution in [0.2, 0.25) is 0 Å². The molecule has 0 spiro atoms. The molecule has 1 saturated carbocycles. The third kappa shape index (κ3) is 2.95. The molecule has 0 aliphatic heterocycles. The Bertz CT molecular complexity index is 583. The first kappa shape index (κ1) is 15.2. The normalized spacial score (nSPS) is 25.1. The van der Waals surface area contributed by atoms with E-state index in [0.29, 0.717) is 12.5 Å². The fraction of sp³-hybridized carbons (Fsp3) is 0.571. The van der Waals surface area contributed by atoms with Gasteiger partial charge in [0.15, 0.2) is 0 Å². The molecule has 0 radical (unpaired) electrons. The maximum absolute atomic E-state index is 11.2. The van der Waals surface area contributed by atoms with Gasteiger partial charge in [0, 0.05) is 18.8 Å². The number of nitrogens with one attached hydrogen (secondary N) is 1. The Kier molecular flexibility index (Phi) is 4.38. The largest absolute Gasteiger partial charge is 0.357 e. The predicted molar refractivity (Wildman–Crippen MR) is 78.6 cm³/mol. The fourth-order valence-corrected chi connectivity index (χ4v) is 2.94. The number of nitro groups is 1. The summed E-state index contributed by atoms with van der Waals surface area (Å²) in [6.07, 6.45) is 5.43. The average Bonchev–Trinajstić information content (AvgIpc) is 2.49. The van der Waals surface area contributed by atoms with Crippen LogP contribution in [0.5, 0.6) is 0 Å². The molecule has 0 bridgehead atoms. The SMILES string of the molecule is CC1CCCCC1(CN)Nc1ncc(C#N)cc1[N+](=O)[O-]. The van der Waals surface area contributed by atoms with Crippen LogP contribution >= 0.6 is 0 Å². The maximum atomic E-state index is 11.2. The minimum absolute atomic E-state index is 0.172. The zero-order valence-corrected chi connectivity index (χ0v) is 12.0. The average molecular weight is 289 g/mol. The minimum Gasteiger partial charge on any atom is -0.357 e. The zero-order valence-electron chi connectivity index (χ0n) is 12.0. The van der Waals surface area contributed by atoms with Crippen molar-refractivity contribution in [1.29, 1.82) is 5.26 Å². The summed E-state index contributed by atoms with van der Waals surface area (Å²) in [6.45, 7) is 2.50. The standard InChI is InChI=1S/C14H19N5O2/c1-10-4-2-3-5-14(10,9-16)18-13-12(19(20)21)6-11(7-15)8-17-13/h6,8,10H,2-5,9,16H2,1H3,(H,17,18). The monoisotopic (exact) mass is 289 g/mol. The molecule has 1 aliphatic rings. The first-order chi connectivity index (χ1) is 10.0. The van der Waals surface area contributed by atoms with Gasteiger partial charge >= 0.3 is 5.69 Å². The van der Waals surface area contributed by atoms with Gasteiger partial charge < -0.3 is 11.1 Å². The van der Waals surface area contributed by atoms with Crippen LogP contribution in [0.15, 0.2) is 12.3 Å². The molecular weight excluding hydrogens is 270 g/mol. The molecule has 7 nitrogen and oxygen atoms in total. The summed E-state index contributed by atoms with van der Waals surface area (Å²) in [5.74, 6) is 0.506. The van der Waals surface area contributed by atoms with E-state index < -0.39 is 4.92 Å². The lowest BCUT2D eigenvalue weighted by molar-refractivity contribution is -0.384. The highest BCUT2D eigenvalue weighted by Crippen LogP contribution is 2.37. The lowest BCUT2D eigenvalue weighted by atomic mass is 9.73. The second kappa shape index (κ2) is 6.06. The van der Waals surface area contributed by atoms with Crippen molar-refractivity contribution in [3.63, 3.8) is 0 Å². The van der Waals surface area contributed by atoms with Crippen molar-refractivity contribution in [2.45, 2.75) is 38.1 Å². The maximum Gasteiger partial charge on any atom is 0.312 e. The molecule has 2 unspecified atom stereocenters. The number of nitrogens with two attached hydrogens (primary N) is 1. The summed E-state index contributed by atoms with van der Waals surface area (Å²) in [4.78, 5) is 14.7. The Morgan fingerprint density at radius 1 is 1.67 bits per heavy atom. The summed E-state index contributed by atoms with van der Waals surface area (Å²) in [5.41, 5.74) is 5.57. The van der Waals surface area contributed by atoms with Gasteiger partial charge in [-0.1, -0.05) is 19.8 Å². The molecule has 2 rings (SSSR count). The molecule has 21 heavy (non-hydrogen) atoms. The number of pyridine rings is 1. The van der Waals surface area contributed by atoms with E-state index >= 15 is 0 Å². The van der Waals surface area contributed by atoms with Gasteiger partial charge in [-0.2, -0.15) is 5.26 Å². The number of hydrogen-bond donors (Lipinski definition) is 2. The predicted octanol–water partition coefficient (Wildman–Crippen LogP) is 2.18. The quantitative estimate of drug-likeness (QED) is 0.648. The molecule has 1 heterocycles. The van der Waals surface area contributed by atoms with Crippen molar-refractivity contribution in [3.8, 4) is 6.07 Å². The van der Waals surface area contributed by atoms with Gasteiger partial charge in [-0.25, -0.2) is 4.98 Å². The highest BCUT2D eigenvalue weighted by Gasteiger charge is 2.38. The van der Waals surface area contributed by atoms with Crippen LogP contribution in [0.1, 0.15) is 38.2 Å². The Labute approximate surface area is 123 Å². The topological polar surface area (TPSA) is 118 Å². The number of nitrogens with zero attached hydrogens (tertiary/aromatic N) is 3. The van der Waals surface area contributed by atoms with E-state index in [9.17, 15) is 10.1 Å². The molecule has 1 aromatic heterocycles. The number of aromatic nitrogens is 1. The van der Waals surface area contributed by atoms with Crippen molar-refractivity contribution in [2.75, 3.05) is 11.9 Å². The van der Waals surface area contributed by atoms with Gasteiger partial charge in [-0.05, 0) is 18.8 Å². The zero-order chi connectivity index (χ0) is 15.5. The molecular formula is C14H19N5O2. The molecule has 2 atom stereocenters. The van der Waals surface area contributed by atoms with E-state index in [1.165, 1.54) is 12.3 Å². The highest BCUT2D eigenvalue weighted by molar-refractivity contribution is 5.59. The number of anilines is 1. The smallest absolute Gasteiger partial charge is 0.312 e. The Balaban J connectivity index is 2.37. The number of hydrogen-bond acceptors (Lipinski definition) is 6. The molecule has 0 amide bonds. The van der Waals surface area contributed by atoms with E-state index in [2.05, 4.69) is 17.2 Å². The third-order valence-electron chi connectivity index (χ3n) is 4.38. The third-order valence-corrected chi connectivity index (χ3v) is 4.38. The van der Waals surface area contributed by atoms with Gasteiger partial charge in [0.1, 0.15) is 6.07 Å². The van der Waals surface area contributed by atoms with Gasteiger partial charge in [-0.15, -0.1) is 0 Å². The fourth-order valence-electron chi connectivity index (χ4n) is 2.94. The molecule has 1 aliphatic carbocycles. The summed E-state index contributed by atoms with van der Waals surface area (Å²) < 4.78 is 0. The van der Waals surface area contributed by atoms with Gasteiger partial charge in [0.2, 0.25) is 5.82 Å². The second-order valence-corrected chi connectivity index (χ2v) is 5.59. The summed E-state index contributed by atoms with van der Waals surface area (Å²) in [7, 11) is 0. The molecule has 0 aromatic carbocycles. The van der Waals surface area contributed by atoms with Crippen LogP contribution in [0, 0.1) is 27.4 Å². The Hall–Kier alpha value is -2.20. The van der Waals surface area contributed by atoms with Crippen molar-refractivity contribution in [2.24, 2.45) is 11.7 Å². The lowest BCUT2D eigenvalue weighted by Gasteiger charge is -2.42. The first-order valence-corrected chi connectivity index (χ1v) is 7.05. The van der Waals surface area contributed by atoms with E-state index in [1.807, 2.05) is 6.07 Å². The van der Waals surface area contributed by atoms with Crippen molar-refractivity contribution in [3.05, 3.63) is 27.9 Å². The molecule has 1 aromatic rings. The number of rotatable bonds is 4. The van der Waals surface area contributed by atoms with Crippen LogP contribution in [0.25, 0.3) is 0 Å². The van der Waals surface area contributed by atoms with Gasteiger partial charge in [-0.3, -0.25) is 10.1 Å². The molecule has 1 fully saturated rings. The van der Waals surface area contributed by atoms with Crippen LogP contribution in [-0.4, -0.2) is 22.0 Å². The van der Waals surface area contributed by atoms with Crippen LogP contribution in [0.3, 0.4) is 0 Å². The van der Waals surface area contributed by atoms with Gasteiger partial charge in [0.25, 0.3) is 0 Å². The molecule has 7 heteroatoms. The van der Waals surface area contributed by atoms with Crippen LogP contribution < -0.4 is 11.1 Å². The van der Waals surface area contributed by atoms with E-state index in [4.69, 9.17) is 11.0 Å². The molecule has 0 saturated heterocycles. The van der Waals surface area contributed by atoms with E-state index in [1.54, 1.807) is 0 Å². The second-order valence-electron chi connectivity index (χ2n) is 5.59. The summed E-state index contributed by atoms with van der Waals surface area (Å²) in [6, 6.07) is 3.11.